The second kappa shape index (κ2) is 19.0. The molecule has 0 aromatic rings. The van der Waals surface area contributed by atoms with Crippen LogP contribution in [-0.4, -0.2) is 134 Å². The van der Waals surface area contributed by atoms with Crippen LogP contribution in [0.1, 0.15) is 87.0 Å². The van der Waals surface area contributed by atoms with Crippen molar-refractivity contribution >= 4 is 17.8 Å². The maximum absolute atomic E-state index is 14.6. The molecule has 3 aliphatic heterocycles. The summed E-state index contributed by atoms with van der Waals surface area (Å²) in [5.74, 6) is -3.32. The second-order valence-corrected chi connectivity index (χ2v) is 15.6. The summed E-state index contributed by atoms with van der Waals surface area (Å²) in [5.41, 5.74) is 6.36. The summed E-state index contributed by atoms with van der Waals surface area (Å²) in [4.78, 5) is 48.7. The Morgan fingerprint density at radius 2 is 1.88 bits per heavy atom. The number of methoxy groups -OCH3 is 1. The number of unbranched alkanes of at least 4 members (excludes halogenated alkanes) is 1. The van der Waals surface area contributed by atoms with E-state index in [1.165, 1.54) is 6.08 Å². The number of ketones is 1. The minimum Gasteiger partial charge on any atom is -0.457 e. The zero-order chi connectivity index (χ0) is 39.0. The number of fused-ring (bicyclic) bond motifs is 1. The Bertz CT molecular complexity index is 1280. The van der Waals surface area contributed by atoms with Crippen LogP contribution >= 0.6 is 0 Å². The van der Waals surface area contributed by atoms with Crippen LogP contribution < -0.4 is 5.32 Å². The third-order valence-corrected chi connectivity index (χ3v) is 11.3. The minimum atomic E-state index is -1.25. The van der Waals surface area contributed by atoms with Crippen molar-refractivity contribution in [2.75, 3.05) is 40.8 Å². The molecule has 0 aromatic carbocycles. The molecule has 1 amide bonds. The summed E-state index contributed by atoms with van der Waals surface area (Å²) in [6, 6.07) is -1.09. The minimum absolute atomic E-state index is 0.0166. The van der Waals surface area contributed by atoms with Crippen LogP contribution in [0.2, 0.25) is 0 Å². The number of carbonyl (C=O) groups is 3. The number of amides is 1. The Hall–Kier alpha value is -2.78. The number of likely N-dealkylation sites (N-methyl/N-ethyl adjacent to an activating group) is 1. The van der Waals surface area contributed by atoms with Crippen molar-refractivity contribution in [2.24, 2.45) is 22.9 Å². The molecule has 3 rings (SSSR count). The van der Waals surface area contributed by atoms with Gasteiger partial charge in [-0.15, -0.1) is 6.58 Å². The highest BCUT2D eigenvalue weighted by Gasteiger charge is 2.59. The molecular formula is C37H64N6O9. The number of cyclic esters (lactones) is 1. The SMILES string of the molecule is C=CC[C@H]1C(=O)O[C@H](CC)[C@@]2(C)OC(=O)N(CCCCN=[N+]=[N-])[C@@H]2[C@@H](C)NC[C@H](C)C[C@@](C)(OC)[C@H](O[C@@H]2OC(C)CC(N(C)C)C2O)[C@@H](C)C1=O. The predicted octanol–water partition coefficient (Wildman–Crippen LogP) is 4.61. The topological polar surface area (TPSA) is 185 Å². The van der Waals surface area contributed by atoms with Crippen LogP contribution in [-0.2, 0) is 33.3 Å². The van der Waals surface area contributed by atoms with E-state index in [0.29, 0.717) is 51.7 Å². The van der Waals surface area contributed by atoms with Gasteiger partial charge < -0.3 is 39.0 Å². The third-order valence-electron chi connectivity index (χ3n) is 11.3. The lowest BCUT2D eigenvalue weighted by molar-refractivity contribution is -0.295. The fraction of sp³-hybridized carbons (Fsp3) is 0.865. The number of aliphatic hydroxyl groups excluding tert-OH is 1. The van der Waals surface area contributed by atoms with Crippen molar-refractivity contribution in [3.63, 3.8) is 0 Å². The normalized spacial score (nSPS) is 39.5. The zero-order valence-electron chi connectivity index (χ0n) is 32.9. The van der Waals surface area contributed by atoms with Gasteiger partial charge in [-0.3, -0.25) is 14.5 Å². The molecule has 13 atom stereocenters. The number of nitrogens with one attached hydrogen (secondary N) is 1. The number of Topliss-reactive ketones (excluding diaryl/α,β-unsaturated/α-hetero) is 1. The molecule has 0 aliphatic carbocycles. The Morgan fingerprint density at radius 1 is 1.19 bits per heavy atom. The Morgan fingerprint density at radius 3 is 2.48 bits per heavy atom. The molecule has 2 N–H and O–H groups in total. The molecule has 3 unspecified atom stereocenters. The molecule has 3 saturated heterocycles. The van der Waals surface area contributed by atoms with Gasteiger partial charge in [0.05, 0.1) is 23.9 Å². The molecule has 296 valence electrons. The first-order valence-corrected chi connectivity index (χ1v) is 18.8. The Balaban J connectivity index is 2.09. The average molecular weight is 737 g/mol. The first-order valence-electron chi connectivity index (χ1n) is 18.8. The summed E-state index contributed by atoms with van der Waals surface area (Å²) in [6.45, 7) is 18.2. The van der Waals surface area contributed by atoms with Crippen LogP contribution in [0.5, 0.6) is 0 Å². The van der Waals surface area contributed by atoms with E-state index >= 15 is 0 Å². The van der Waals surface area contributed by atoms with Crippen molar-refractivity contribution in [3.8, 4) is 0 Å². The van der Waals surface area contributed by atoms with Crippen LogP contribution in [0.15, 0.2) is 17.8 Å². The number of rotatable bonds is 12. The summed E-state index contributed by atoms with van der Waals surface area (Å²) in [7, 11) is 5.36. The van der Waals surface area contributed by atoms with Crippen molar-refractivity contribution < 1.29 is 43.2 Å². The number of hydrogen-bond acceptors (Lipinski definition) is 12. The second-order valence-electron chi connectivity index (χ2n) is 15.6. The lowest BCUT2D eigenvalue weighted by Gasteiger charge is -2.46. The third kappa shape index (κ3) is 9.85. The summed E-state index contributed by atoms with van der Waals surface area (Å²) in [6.07, 6.45) is -0.550. The smallest absolute Gasteiger partial charge is 0.410 e. The van der Waals surface area contributed by atoms with Gasteiger partial charge in [-0.05, 0) is 98.3 Å². The van der Waals surface area contributed by atoms with Gasteiger partial charge in [-0.1, -0.05) is 32.0 Å². The summed E-state index contributed by atoms with van der Waals surface area (Å²) >= 11 is 0. The number of allylic oxidation sites excluding steroid dienone is 1. The van der Waals surface area contributed by atoms with E-state index in [4.69, 9.17) is 29.2 Å². The van der Waals surface area contributed by atoms with Gasteiger partial charge in [0.25, 0.3) is 0 Å². The van der Waals surface area contributed by atoms with E-state index in [-0.39, 0.29) is 30.5 Å². The van der Waals surface area contributed by atoms with Crippen LogP contribution in [0, 0.1) is 17.8 Å². The number of hydrogen-bond donors (Lipinski definition) is 2. The van der Waals surface area contributed by atoms with E-state index in [9.17, 15) is 19.5 Å². The number of carbonyl (C=O) groups excluding carboxylic acids is 3. The van der Waals surface area contributed by atoms with Gasteiger partial charge in [-0.25, -0.2) is 4.79 Å². The van der Waals surface area contributed by atoms with E-state index in [1.807, 2.05) is 46.7 Å². The molecule has 0 aromatic heterocycles. The van der Waals surface area contributed by atoms with Gasteiger partial charge in [0.15, 0.2) is 17.7 Å². The molecule has 3 fully saturated rings. The van der Waals surface area contributed by atoms with Gasteiger partial charge in [0, 0.05) is 43.1 Å². The Kier molecular flexibility index (Phi) is 15.9. The fourth-order valence-corrected chi connectivity index (χ4v) is 8.45. The largest absolute Gasteiger partial charge is 0.457 e. The van der Waals surface area contributed by atoms with Gasteiger partial charge >= 0.3 is 12.1 Å². The number of azide groups is 1. The highest BCUT2D eigenvalue weighted by molar-refractivity contribution is 6.00. The van der Waals surface area contributed by atoms with Crippen molar-refractivity contribution in [1.29, 1.82) is 0 Å². The molecule has 3 aliphatic rings. The summed E-state index contributed by atoms with van der Waals surface area (Å²) in [5, 5.41) is 18.7. The van der Waals surface area contributed by atoms with Gasteiger partial charge in [0.2, 0.25) is 0 Å². The molecule has 52 heavy (non-hydrogen) atoms. The van der Waals surface area contributed by atoms with E-state index < -0.39 is 71.5 Å². The lowest BCUT2D eigenvalue weighted by Crippen LogP contribution is -2.61. The van der Waals surface area contributed by atoms with Crippen LogP contribution in [0.25, 0.3) is 10.4 Å². The van der Waals surface area contributed by atoms with E-state index in [2.05, 4.69) is 28.8 Å². The molecule has 15 nitrogen and oxygen atoms in total. The highest BCUT2D eigenvalue weighted by Crippen LogP contribution is 2.40. The standard InChI is InChI=1S/C37H64N6O9/c1-12-16-26-29(44)24(5)32(51-34-30(45)27(42(9)10)19-23(4)49-34)36(7,48-11)20-22(3)21-39-25(6)31-37(8,28(13-2)50-33(26)46)52-35(47)43(31)18-15-14-17-40-41-38/h12,22-28,30-32,34,39,45H,1,13-21H2,2-11H3/t22-,23?,24+,25-,26-,27?,28-,30?,31-,32-,34+,36-,37-/m1/s1. The molecule has 0 saturated carbocycles. The zero-order valence-corrected chi connectivity index (χ0v) is 32.9. The number of ether oxygens (including phenoxy) is 5. The predicted molar refractivity (Wildman–Crippen MR) is 195 cm³/mol. The molecule has 3 heterocycles. The fourth-order valence-electron chi connectivity index (χ4n) is 8.45. The highest BCUT2D eigenvalue weighted by atomic mass is 16.7. The maximum atomic E-state index is 14.6. The monoisotopic (exact) mass is 736 g/mol. The van der Waals surface area contributed by atoms with Crippen LogP contribution in [0.3, 0.4) is 0 Å². The van der Waals surface area contributed by atoms with Crippen molar-refractivity contribution in [3.05, 3.63) is 23.1 Å². The number of aliphatic hydroxyl groups is 1. The van der Waals surface area contributed by atoms with E-state index in [0.717, 1.165) is 0 Å². The lowest BCUT2D eigenvalue weighted by atomic mass is 9.77. The number of nitrogens with zero attached hydrogens (tertiary/aromatic N) is 5. The maximum Gasteiger partial charge on any atom is 0.410 e. The van der Waals surface area contributed by atoms with Gasteiger partial charge in [-0.2, -0.15) is 0 Å². The molecular weight excluding hydrogens is 672 g/mol. The molecule has 0 radical (unpaired) electrons. The summed E-state index contributed by atoms with van der Waals surface area (Å²) < 4.78 is 31.4. The van der Waals surface area contributed by atoms with Gasteiger partial charge in [0.1, 0.15) is 18.1 Å². The molecule has 0 spiro atoms. The average Bonchev–Trinajstić information content (AvgIpc) is 3.36. The quantitative estimate of drug-likeness (QED) is 0.0543. The van der Waals surface area contributed by atoms with Crippen LogP contribution in [0.4, 0.5) is 4.79 Å². The molecule has 0 bridgehead atoms. The number of esters is 1. The van der Waals surface area contributed by atoms with Crippen molar-refractivity contribution in [2.45, 2.75) is 147 Å². The first kappa shape index (κ1) is 43.6. The van der Waals surface area contributed by atoms with E-state index in [1.54, 1.807) is 25.9 Å². The Labute approximate surface area is 309 Å². The van der Waals surface area contributed by atoms with Crippen molar-refractivity contribution in [1.82, 2.24) is 15.1 Å². The molecule has 15 heteroatoms. The first-order chi connectivity index (χ1) is 24.5.